The Labute approximate surface area is 194 Å². The minimum absolute atomic E-state index is 0.328. The lowest BCUT2D eigenvalue weighted by atomic mass is 10.00. The number of nitrogens with one attached hydrogen (secondary N) is 1. The fraction of sp³-hybridized carbons (Fsp3) is 0.360. The summed E-state index contributed by atoms with van der Waals surface area (Å²) in [6, 6.07) is 14.8. The summed E-state index contributed by atoms with van der Waals surface area (Å²) in [4.78, 5) is 18.8. The number of aliphatic hydroxyl groups excluding tert-OH is 1. The predicted molar refractivity (Wildman–Crippen MR) is 128 cm³/mol. The number of hydrogen-bond acceptors (Lipinski definition) is 5. The molecule has 0 aromatic heterocycles. The Morgan fingerprint density at radius 3 is 2.50 bits per heavy atom. The Morgan fingerprint density at radius 2 is 1.88 bits per heavy atom. The first-order chi connectivity index (χ1) is 15.1. The standard InChI is InChI=1S/C25H28ClN3O3/c1-16(26)14-15-18-10-9-13-20-21(18)23(30)29(19-11-7-6-8-12-19)22(27-20)17(2)32-24(31)28-25(3,4)5/h6-13,16-17,23,30H,1-5H3,(H,28,31)/t16-,17-,23-/m0/s1. The van der Waals surface area contributed by atoms with Gasteiger partial charge in [-0.05, 0) is 58.9 Å². The number of amidine groups is 1. The normalized spacial score (nSPS) is 17.3. The molecule has 0 unspecified atom stereocenters. The van der Waals surface area contributed by atoms with Crippen molar-refractivity contribution in [2.75, 3.05) is 4.90 Å². The molecule has 168 valence electrons. The van der Waals surface area contributed by atoms with Crippen molar-refractivity contribution >= 4 is 34.9 Å². The quantitative estimate of drug-likeness (QED) is 0.499. The van der Waals surface area contributed by atoms with Crippen molar-refractivity contribution < 1.29 is 14.6 Å². The zero-order valence-corrected chi connectivity index (χ0v) is 19.6. The molecule has 2 aromatic carbocycles. The number of ether oxygens (including phenoxy) is 1. The Balaban J connectivity index is 2.07. The molecule has 1 heterocycles. The molecule has 0 saturated carbocycles. The molecular weight excluding hydrogens is 426 g/mol. The lowest BCUT2D eigenvalue weighted by Crippen LogP contribution is -2.47. The topological polar surface area (TPSA) is 74.2 Å². The Kier molecular flexibility index (Phi) is 7.12. The van der Waals surface area contributed by atoms with E-state index in [0.717, 1.165) is 0 Å². The minimum Gasteiger partial charge on any atom is -0.438 e. The van der Waals surface area contributed by atoms with Crippen LogP contribution in [-0.2, 0) is 4.74 Å². The van der Waals surface area contributed by atoms with Crippen molar-refractivity contribution in [2.24, 2.45) is 4.99 Å². The van der Waals surface area contributed by atoms with Crippen molar-refractivity contribution in [3.05, 3.63) is 59.7 Å². The Bertz CT molecular complexity index is 1070. The number of fused-ring (bicyclic) bond motifs is 1. The first-order valence-corrected chi connectivity index (χ1v) is 10.9. The summed E-state index contributed by atoms with van der Waals surface area (Å²) in [7, 11) is 0. The zero-order valence-electron chi connectivity index (χ0n) is 18.9. The van der Waals surface area contributed by atoms with Gasteiger partial charge in [0.25, 0.3) is 0 Å². The number of carbonyl (C=O) groups is 1. The van der Waals surface area contributed by atoms with Gasteiger partial charge in [0.1, 0.15) is 0 Å². The van der Waals surface area contributed by atoms with Gasteiger partial charge in [-0.15, -0.1) is 11.6 Å². The lowest BCUT2D eigenvalue weighted by Gasteiger charge is -2.37. The van der Waals surface area contributed by atoms with Crippen molar-refractivity contribution in [1.82, 2.24) is 5.32 Å². The predicted octanol–water partition coefficient (Wildman–Crippen LogP) is 5.12. The monoisotopic (exact) mass is 453 g/mol. The smallest absolute Gasteiger partial charge is 0.408 e. The zero-order chi connectivity index (χ0) is 23.5. The number of amides is 1. The molecule has 0 spiro atoms. The van der Waals surface area contributed by atoms with Gasteiger partial charge in [-0.3, -0.25) is 4.90 Å². The highest BCUT2D eigenvalue weighted by molar-refractivity contribution is 6.22. The van der Waals surface area contributed by atoms with E-state index in [2.05, 4.69) is 17.2 Å². The number of carbonyl (C=O) groups excluding carboxylic acids is 1. The van der Waals surface area contributed by atoms with Crippen LogP contribution in [0.3, 0.4) is 0 Å². The van der Waals surface area contributed by atoms with Gasteiger partial charge < -0.3 is 15.2 Å². The number of para-hydroxylation sites is 1. The van der Waals surface area contributed by atoms with Crippen LogP contribution >= 0.6 is 11.6 Å². The van der Waals surface area contributed by atoms with E-state index in [1.165, 1.54) is 0 Å². The molecule has 3 atom stereocenters. The number of nitrogens with zero attached hydrogens (tertiary/aromatic N) is 2. The summed E-state index contributed by atoms with van der Waals surface area (Å²) in [6.07, 6.45) is -2.36. The highest BCUT2D eigenvalue weighted by atomic mass is 35.5. The van der Waals surface area contributed by atoms with Crippen LogP contribution in [0.15, 0.2) is 53.5 Å². The van der Waals surface area contributed by atoms with E-state index in [-0.39, 0.29) is 5.38 Å². The van der Waals surface area contributed by atoms with Crippen LogP contribution in [0.2, 0.25) is 0 Å². The van der Waals surface area contributed by atoms with Gasteiger partial charge in [0.05, 0.1) is 11.1 Å². The van der Waals surface area contributed by atoms with Crippen LogP contribution in [-0.4, -0.2) is 34.1 Å². The average Bonchev–Trinajstić information content (AvgIpc) is 2.71. The number of aliphatic imine (C=N–C) groups is 1. The lowest BCUT2D eigenvalue weighted by molar-refractivity contribution is 0.121. The van der Waals surface area contributed by atoms with E-state index < -0.39 is 24.0 Å². The molecule has 6 nitrogen and oxygen atoms in total. The third-order valence-corrected chi connectivity index (χ3v) is 4.74. The van der Waals surface area contributed by atoms with Gasteiger partial charge in [-0.2, -0.15) is 0 Å². The average molecular weight is 454 g/mol. The summed E-state index contributed by atoms with van der Waals surface area (Å²) in [5, 5.41) is 13.9. The molecule has 1 aliphatic rings. The second kappa shape index (κ2) is 9.64. The van der Waals surface area contributed by atoms with E-state index in [1.807, 2.05) is 63.2 Å². The molecule has 0 fully saturated rings. The number of alkyl halides is 1. The number of hydrogen-bond donors (Lipinski definition) is 2. The SMILES string of the molecule is C[C@H](Cl)C#Cc1cccc2c1[C@H](O)N(c1ccccc1)C([C@H](C)OC(=O)NC(C)(C)C)=N2. The summed E-state index contributed by atoms with van der Waals surface area (Å²) in [5.41, 5.74) is 2.07. The molecule has 0 bridgehead atoms. The number of rotatable bonds is 3. The summed E-state index contributed by atoms with van der Waals surface area (Å²) in [6.45, 7) is 9.13. The van der Waals surface area contributed by atoms with Crippen LogP contribution < -0.4 is 10.2 Å². The maximum absolute atomic E-state index is 12.4. The fourth-order valence-corrected chi connectivity index (χ4v) is 3.39. The second-order valence-electron chi connectivity index (χ2n) is 8.60. The van der Waals surface area contributed by atoms with Crippen molar-refractivity contribution in [3.8, 4) is 11.8 Å². The van der Waals surface area contributed by atoms with Gasteiger partial charge in [-0.25, -0.2) is 9.79 Å². The van der Waals surface area contributed by atoms with Gasteiger partial charge in [-0.1, -0.05) is 36.1 Å². The molecule has 2 aromatic rings. The Morgan fingerprint density at radius 1 is 1.19 bits per heavy atom. The molecule has 32 heavy (non-hydrogen) atoms. The third kappa shape index (κ3) is 5.61. The molecule has 0 saturated heterocycles. The van der Waals surface area contributed by atoms with Crippen molar-refractivity contribution in [1.29, 1.82) is 0 Å². The number of anilines is 1. The van der Waals surface area contributed by atoms with E-state index in [0.29, 0.717) is 28.3 Å². The second-order valence-corrected chi connectivity index (χ2v) is 9.25. The molecule has 1 amide bonds. The van der Waals surface area contributed by atoms with E-state index in [4.69, 9.17) is 21.3 Å². The summed E-state index contributed by atoms with van der Waals surface area (Å²) in [5.74, 6) is 6.39. The summed E-state index contributed by atoms with van der Waals surface area (Å²) >= 11 is 6.00. The first-order valence-electron chi connectivity index (χ1n) is 10.4. The van der Waals surface area contributed by atoms with Crippen molar-refractivity contribution in [3.63, 3.8) is 0 Å². The molecule has 2 N–H and O–H groups in total. The first kappa shape index (κ1) is 23.6. The third-order valence-electron chi connectivity index (χ3n) is 4.63. The van der Waals surface area contributed by atoms with Crippen LogP contribution in [0.5, 0.6) is 0 Å². The fourth-order valence-electron chi connectivity index (χ4n) is 3.34. The van der Waals surface area contributed by atoms with Gasteiger partial charge in [0.15, 0.2) is 18.2 Å². The maximum atomic E-state index is 12.4. The van der Waals surface area contributed by atoms with Gasteiger partial charge >= 0.3 is 6.09 Å². The molecular formula is C25H28ClN3O3. The molecule has 3 rings (SSSR count). The number of halogens is 1. The molecule has 0 aliphatic carbocycles. The van der Waals surface area contributed by atoms with Crippen LogP contribution in [0.1, 0.15) is 52.0 Å². The van der Waals surface area contributed by atoms with Crippen LogP contribution in [0.25, 0.3) is 0 Å². The summed E-state index contributed by atoms with van der Waals surface area (Å²) < 4.78 is 5.61. The largest absolute Gasteiger partial charge is 0.438 e. The molecule has 1 aliphatic heterocycles. The van der Waals surface area contributed by atoms with Gasteiger partial charge in [0, 0.05) is 22.4 Å². The van der Waals surface area contributed by atoms with E-state index >= 15 is 0 Å². The molecule has 0 radical (unpaired) electrons. The minimum atomic E-state index is -1.08. The number of alkyl carbamates (subject to hydrolysis) is 1. The number of aliphatic hydroxyl groups is 1. The number of benzene rings is 2. The maximum Gasteiger partial charge on any atom is 0.408 e. The van der Waals surface area contributed by atoms with Crippen LogP contribution in [0.4, 0.5) is 16.2 Å². The highest BCUT2D eigenvalue weighted by Crippen LogP contribution is 2.39. The van der Waals surface area contributed by atoms with Crippen molar-refractivity contribution in [2.45, 2.75) is 57.9 Å². The Hall–Kier alpha value is -3.01. The van der Waals surface area contributed by atoms with Gasteiger partial charge in [0.2, 0.25) is 0 Å². The van der Waals surface area contributed by atoms with E-state index in [1.54, 1.807) is 24.8 Å². The van der Waals surface area contributed by atoms with E-state index in [9.17, 15) is 9.90 Å². The highest BCUT2D eigenvalue weighted by Gasteiger charge is 2.35. The van der Waals surface area contributed by atoms with Crippen LogP contribution in [0, 0.1) is 11.8 Å². The molecule has 7 heteroatoms.